The van der Waals surface area contributed by atoms with E-state index < -0.39 is 0 Å². The smallest absolute Gasteiger partial charge is 0.166 e. The van der Waals surface area contributed by atoms with E-state index in [1.807, 2.05) is 12.2 Å². The lowest BCUT2D eigenvalue weighted by molar-refractivity contribution is 0.736. The molecule has 2 N–H and O–H groups in total. The SMILES string of the molecule is C=CCCCc1nc(N)c2nc(CC)n(Cc3cccc(CC=C)c3)c2n1. The largest absolute Gasteiger partial charge is 0.382 e. The number of benzene rings is 1. The van der Waals surface area contributed by atoms with Crippen LogP contribution >= 0.6 is 0 Å². The summed E-state index contributed by atoms with van der Waals surface area (Å²) in [6.45, 7) is 10.4. The molecule has 2 heterocycles. The number of hydrogen-bond acceptors (Lipinski definition) is 4. The zero-order chi connectivity index (χ0) is 19.2. The molecule has 0 fully saturated rings. The number of imidazole rings is 1. The van der Waals surface area contributed by atoms with E-state index in [1.165, 1.54) is 11.1 Å². The maximum Gasteiger partial charge on any atom is 0.166 e. The number of aromatic nitrogens is 4. The van der Waals surface area contributed by atoms with Crippen LogP contribution in [0.1, 0.15) is 42.5 Å². The average molecular weight is 361 g/mol. The van der Waals surface area contributed by atoms with Crippen molar-refractivity contribution in [1.82, 2.24) is 19.5 Å². The molecule has 0 radical (unpaired) electrons. The summed E-state index contributed by atoms with van der Waals surface area (Å²) in [7, 11) is 0. The Bertz CT molecular complexity index is 955. The Morgan fingerprint density at radius 3 is 2.67 bits per heavy atom. The third-order valence-corrected chi connectivity index (χ3v) is 4.58. The number of fused-ring (bicyclic) bond motifs is 1. The lowest BCUT2D eigenvalue weighted by atomic mass is 10.1. The Morgan fingerprint density at radius 1 is 1.11 bits per heavy atom. The second-order valence-corrected chi connectivity index (χ2v) is 6.66. The van der Waals surface area contributed by atoms with Crippen LogP contribution < -0.4 is 5.73 Å². The third-order valence-electron chi connectivity index (χ3n) is 4.58. The van der Waals surface area contributed by atoms with Crippen molar-refractivity contribution in [3.05, 3.63) is 72.4 Å². The van der Waals surface area contributed by atoms with Crippen LogP contribution in [0.2, 0.25) is 0 Å². The number of nitrogen functional groups attached to an aromatic ring is 1. The maximum absolute atomic E-state index is 6.20. The molecule has 5 nitrogen and oxygen atoms in total. The van der Waals surface area contributed by atoms with E-state index in [0.717, 1.165) is 49.4 Å². The highest BCUT2D eigenvalue weighted by Crippen LogP contribution is 2.22. The van der Waals surface area contributed by atoms with E-state index in [4.69, 9.17) is 15.7 Å². The van der Waals surface area contributed by atoms with Gasteiger partial charge >= 0.3 is 0 Å². The molecule has 1 aromatic carbocycles. The van der Waals surface area contributed by atoms with E-state index >= 15 is 0 Å². The molecule has 2 aromatic heterocycles. The van der Waals surface area contributed by atoms with E-state index in [1.54, 1.807) is 0 Å². The summed E-state index contributed by atoms with van der Waals surface area (Å²) in [5, 5.41) is 0. The number of rotatable bonds is 9. The Labute approximate surface area is 160 Å². The minimum atomic E-state index is 0.461. The van der Waals surface area contributed by atoms with Crippen molar-refractivity contribution in [2.75, 3.05) is 5.73 Å². The quantitative estimate of drug-likeness (QED) is 0.457. The van der Waals surface area contributed by atoms with Gasteiger partial charge in [-0.1, -0.05) is 43.3 Å². The molecular formula is C22H27N5. The highest BCUT2D eigenvalue weighted by Gasteiger charge is 2.16. The minimum absolute atomic E-state index is 0.461. The van der Waals surface area contributed by atoms with Crippen molar-refractivity contribution in [3.63, 3.8) is 0 Å². The van der Waals surface area contributed by atoms with Crippen LogP contribution in [0.3, 0.4) is 0 Å². The van der Waals surface area contributed by atoms with Gasteiger partial charge in [0.05, 0.1) is 6.54 Å². The molecule has 0 saturated heterocycles. The lowest BCUT2D eigenvalue weighted by Crippen LogP contribution is -2.07. The van der Waals surface area contributed by atoms with Gasteiger partial charge in [0.2, 0.25) is 0 Å². The highest BCUT2D eigenvalue weighted by molar-refractivity contribution is 5.82. The molecule has 0 bridgehead atoms. The zero-order valence-electron chi connectivity index (χ0n) is 16.0. The molecule has 27 heavy (non-hydrogen) atoms. The summed E-state index contributed by atoms with van der Waals surface area (Å²) < 4.78 is 2.16. The number of aryl methyl sites for hydroxylation is 2. The summed E-state index contributed by atoms with van der Waals surface area (Å²) in [6, 6.07) is 8.55. The predicted molar refractivity (Wildman–Crippen MR) is 112 cm³/mol. The van der Waals surface area contributed by atoms with Crippen molar-refractivity contribution in [3.8, 4) is 0 Å². The van der Waals surface area contributed by atoms with Crippen LogP contribution in [0.5, 0.6) is 0 Å². The van der Waals surface area contributed by atoms with E-state index in [0.29, 0.717) is 17.9 Å². The molecule has 0 saturated carbocycles. The van der Waals surface area contributed by atoms with Crippen molar-refractivity contribution >= 4 is 17.0 Å². The molecule has 0 atom stereocenters. The molecule has 0 amide bonds. The Balaban J connectivity index is 2.00. The first kappa shape index (κ1) is 18.8. The number of nitrogens with two attached hydrogens (primary N) is 1. The van der Waals surface area contributed by atoms with Crippen molar-refractivity contribution in [2.24, 2.45) is 0 Å². The van der Waals surface area contributed by atoms with Crippen LogP contribution in [0.4, 0.5) is 5.82 Å². The van der Waals surface area contributed by atoms with Gasteiger partial charge in [-0.25, -0.2) is 15.0 Å². The predicted octanol–water partition coefficient (Wildman–Crippen LogP) is 4.26. The van der Waals surface area contributed by atoms with Gasteiger partial charge in [0.25, 0.3) is 0 Å². The molecule has 0 unspecified atom stereocenters. The monoisotopic (exact) mass is 361 g/mol. The average Bonchev–Trinajstić information content (AvgIpc) is 3.01. The molecule has 0 aliphatic carbocycles. The first-order valence-corrected chi connectivity index (χ1v) is 9.47. The summed E-state index contributed by atoms with van der Waals surface area (Å²) >= 11 is 0. The van der Waals surface area contributed by atoms with E-state index in [2.05, 4.69) is 53.9 Å². The van der Waals surface area contributed by atoms with Crippen LogP contribution in [0, 0.1) is 0 Å². The molecular weight excluding hydrogens is 334 g/mol. The number of anilines is 1. The van der Waals surface area contributed by atoms with Gasteiger partial charge in [-0.15, -0.1) is 13.2 Å². The highest BCUT2D eigenvalue weighted by atomic mass is 15.2. The van der Waals surface area contributed by atoms with Crippen molar-refractivity contribution in [2.45, 2.75) is 45.6 Å². The van der Waals surface area contributed by atoms with Crippen LogP contribution in [0.15, 0.2) is 49.6 Å². The van der Waals surface area contributed by atoms with Gasteiger partial charge in [0.15, 0.2) is 17.0 Å². The van der Waals surface area contributed by atoms with Crippen molar-refractivity contribution < 1.29 is 0 Å². The fourth-order valence-corrected chi connectivity index (χ4v) is 3.27. The Hall–Kier alpha value is -2.95. The first-order chi connectivity index (χ1) is 13.2. The maximum atomic E-state index is 6.20. The van der Waals surface area contributed by atoms with Gasteiger partial charge in [-0.05, 0) is 30.4 Å². The second kappa shape index (κ2) is 8.62. The number of allylic oxidation sites excluding steroid dienone is 2. The van der Waals surface area contributed by atoms with Gasteiger partial charge in [0, 0.05) is 12.8 Å². The molecule has 3 aromatic rings. The number of unbranched alkanes of at least 4 members (excludes halogenated alkanes) is 1. The molecule has 140 valence electrons. The van der Waals surface area contributed by atoms with E-state index in [-0.39, 0.29) is 0 Å². The topological polar surface area (TPSA) is 69.6 Å². The molecule has 0 spiro atoms. The summed E-state index contributed by atoms with van der Waals surface area (Å²) in [5.74, 6) is 2.21. The van der Waals surface area contributed by atoms with Gasteiger partial charge in [-0.2, -0.15) is 0 Å². The Kier molecular flexibility index (Phi) is 6.01. The van der Waals surface area contributed by atoms with Gasteiger partial charge in [-0.3, -0.25) is 0 Å². The normalized spacial score (nSPS) is 11.0. The fraction of sp³-hybridized carbons (Fsp3) is 0.318. The van der Waals surface area contributed by atoms with Gasteiger partial charge in [0.1, 0.15) is 11.6 Å². The zero-order valence-corrected chi connectivity index (χ0v) is 16.0. The van der Waals surface area contributed by atoms with E-state index in [9.17, 15) is 0 Å². The summed E-state index contributed by atoms with van der Waals surface area (Å²) in [6.07, 6.45) is 8.21. The molecule has 0 aliphatic rings. The van der Waals surface area contributed by atoms with Crippen LogP contribution in [-0.2, 0) is 25.8 Å². The first-order valence-electron chi connectivity index (χ1n) is 9.47. The van der Waals surface area contributed by atoms with Crippen LogP contribution in [-0.4, -0.2) is 19.5 Å². The molecule has 5 heteroatoms. The Morgan fingerprint density at radius 2 is 1.93 bits per heavy atom. The third kappa shape index (κ3) is 4.25. The summed E-state index contributed by atoms with van der Waals surface area (Å²) in [4.78, 5) is 13.9. The lowest BCUT2D eigenvalue weighted by Gasteiger charge is -2.10. The number of hydrogen-bond donors (Lipinski definition) is 1. The van der Waals surface area contributed by atoms with Gasteiger partial charge < -0.3 is 10.3 Å². The fourth-order valence-electron chi connectivity index (χ4n) is 3.27. The number of nitrogens with zero attached hydrogens (tertiary/aromatic N) is 4. The minimum Gasteiger partial charge on any atom is -0.382 e. The molecule has 0 aliphatic heterocycles. The summed E-state index contributed by atoms with van der Waals surface area (Å²) in [5.41, 5.74) is 10.2. The standard InChI is InChI=1S/C22H27N5/c1-4-7-8-13-18-24-21(23)20-22(25-18)27(19(6-3)26-20)15-17-12-9-11-16(14-17)10-5-2/h4-5,9,11-12,14H,1-2,6-8,10,13,15H2,3H3,(H2,23,24,25). The van der Waals surface area contributed by atoms with Crippen molar-refractivity contribution in [1.29, 1.82) is 0 Å². The molecule has 3 rings (SSSR count). The van der Waals surface area contributed by atoms with Crippen LogP contribution in [0.25, 0.3) is 11.2 Å². The second-order valence-electron chi connectivity index (χ2n) is 6.66.